The van der Waals surface area contributed by atoms with Gasteiger partial charge in [-0.1, -0.05) is 55.8 Å². The highest BCUT2D eigenvalue weighted by Gasteiger charge is 2.71. The highest BCUT2D eigenvalue weighted by Crippen LogP contribution is 2.50. The summed E-state index contributed by atoms with van der Waals surface area (Å²) in [7, 11) is 0. The van der Waals surface area contributed by atoms with E-state index < -0.39 is 41.0 Å². The van der Waals surface area contributed by atoms with Crippen LogP contribution in [-0.4, -0.2) is 53.6 Å². The predicted octanol–water partition coefficient (Wildman–Crippen LogP) is 7.64. The van der Waals surface area contributed by atoms with Crippen LogP contribution in [0.5, 0.6) is 11.5 Å². The number of carbonyl (C=O) groups is 2. The zero-order valence-electron chi connectivity index (χ0n) is 26.3. The molecule has 7 nitrogen and oxygen atoms in total. The minimum Gasteiger partial charge on any atom is -0.494 e. The quantitative estimate of drug-likeness (QED) is 0.118. The molecule has 47 heavy (non-hydrogen) atoms. The fourth-order valence-corrected chi connectivity index (χ4v) is 5.47. The summed E-state index contributed by atoms with van der Waals surface area (Å²) in [5.74, 6) is 0.578. The monoisotopic (exact) mass is 666 g/mol. The molecule has 1 atom stereocenters. The van der Waals surface area contributed by atoms with Crippen molar-refractivity contribution in [3.05, 3.63) is 83.4 Å². The van der Waals surface area contributed by atoms with E-state index in [1.807, 2.05) is 13.8 Å². The molecule has 0 saturated carbocycles. The lowest BCUT2D eigenvalue weighted by molar-refractivity contribution is -0.376. The van der Waals surface area contributed by atoms with Crippen LogP contribution in [0.3, 0.4) is 0 Å². The van der Waals surface area contributed by atoms with Crippen LogP contribution in [0.2, 0.25) is 0 Å². The number of hydrogen-bond donors (Lipinski definition) is 2. The summed E-state index contributed by atoms with van der Waals surface area (Å²) >= 11 is 0. The molecule has 3 amide bonds. The van der Waals surface area contributed by atoms with E-state index in [1.165, 1.54) is 0 Å². The molecule has 1 aliphatic rings. The number of nitrogens with one attached hydrogen (secondary N) is 1. The molecule has 0 aliphatic carbocycles. The van der Waals surface area contributed by atoms with Crippen molar-refractivity contribution in [1.29, 1.82) is 0 Å². The van der Waals surface area contributed by atoms with Crippen molar-refractivity contribution in [1.82, 2.24) is 10.2 Å². The van der Waals surface area contributed by atoms with Gasteiger partial charge in [-0.25, -0.2) is 4.79 Å². The number of urea groups is 1. The number of hydrogen-bond acceptors (Lipinski definition) is 5. The number of carbonyl (C=O) groups excluding carboxylic acids is 2. The van der Waals surface area contributed by atoms with Crippen molar-refractivity contribution in [2.24, 2.45) is 0 Å². The van der Waals surface area contributed by atoms with Crippen LogP contribution in [0, 0.1) is 0 Å². The number of rotatable bonds is 12. The molecule has 3 aromatic rings. The molecule has 1 aliphatic heterocycles. The van der Waals surface area contributed by atoms with Crippen LogP contribution >= 0.6 is 0 Å². The topological polar surface area (TPSA) is 88.1 Å². The zero-order valence-corrected chi connectivity index (χ0v) is 26.3. The van der Waals surface area contributed by atoms with E-state index >= 15 is 0 Å². The normalized spacial score (nSPS) is 17.3. The molecule has 1 heterocycles. The number of aliphatic hydroxyl groups is 1. The Morgan fingerprint density at radius 2 is 1.57 bits per heavy atom. The molecule has 0 spiro atoms. The van der Waals surface area contributed by atoms with E-state index in [4.69, 9.17) is 9.47 Å². The van der Waals surface area contributed by atoms with Crippen LogP contribution in [0.4, 0.5) is 31.1 Å². The summed E-state index contributed by atoms with van der Waals surface area (Å²) in [6.07, 6.45) is -11.1. The van der Waals surface area contributed by atoms with Gasteiger partial charge in [-0.05, 0) is 80.1 Å². The fraction of sp³-hybridized carbons (Fsp3) is 0.412. The third-order valence-electron chi connectivity index (χ3n) is 7.88. The average molecular weight is 667 g/mol. The first-order valence-corrected chi connectivity index (χ1v) is 15.1. The largest absolute Gasteiger partial charge is 0.494 e. The smallest absolute Gasteiger partial charge is 0.430 e. The van der Waals surface area contributed by atoms with Crippen LogP contribution in [0.25, 0.3) is 11.1 Å². The van der Waals surface area contributed by atoms with E-state index in [0.717, 1.165) is 17.0 Å². The first kappa shape index (κ1) is 35.6. The molecule has 0 aromatic heterocycles. The number of ether oxygens (including phenoxy) is 2. The molecular weight excluding hydrogens is 630 g/mol. The molecule has 1 unspecified atom stereocenters. The third kappa shape index (κ3) is 7.19. The number of nitrogens with zero attached hydrogens (tertiary/aromatic N) is 1. The zero-order chi connectivity index (χ0) is 34.8. The molecule has 1 fully saturated rings. The Kier molecular flexibility index (Phi) is 10.2. The second-order valence-corrected chi connectivity index (χ2v) is 11.8. The maximum Gasteiger partial charge on any atom is 0.430 e. The molecule has 4 rings (SSSR count). The number of halogens is 6. The van der Waals surface area contributed by atoms with Gasteiger partial charge in [0.1, 0.15) is 17.0 Å². The minimum atomic E-state index is -5.99. The molecule has 2 N–H and O–H groups in total. The fourth-order valence-electron chi connectivity index (χ4n) is 5.47. The van der Waals surface area contributed by atoms with Gasteiger partial charge in [0.2, 0.25) is 0 Å². The summed E-state index contributed by atoms with van der Waals surface area (Å²) in [6.45, 7) is 7.31. The van der Waals surface area contributed by atoms with Gasteiger partial charge < -0.3 is 19.9 Å². The third-order valence-corrected chi connectivity index (χ3v) is 7.88. The SMILES string of the molecule is CCCc1cc(C(O)(C(F)(F)F)C(F)(F)F)ccc1-c1cccc(OCCCN2C(=O)NC(C)(c3ccc(OC(C)C)cc3)C2=O)c1. The van der Waals surface area contributed by atoms with Gasteiger partial charge in [0.15, 0.2) is 0 Å². The highest BCUT2D eigenvalue weighted by atomic mass is 19.4. The average Bonchev–Trinajstić information content (AvgIpc) is 3.21. The van der Waals surface area contributed by atoms with Crippen LogP contribution in [-0.2, 0) is 22.4 Å². The Labute approximate surface area is 268 Å². The van der Waals surface area contributed by atoms with E-state index in [-0.39, 0.29) is 37.7 Å². The van der Waals surface area contributed by atoms with Crippen molar-refractivity contribution >= 4 is 11.9 Å². The second-order valence-electron chi connectivity index (χ2n) is 11.8. The number of amides is 3. The molecular formula is C34H36F6N2O5. The van der Waals surface area contributed by atoms with Gasteiger partial charge >= 0.3 is 18.4 Å². The van der Waals surface area contributed by atoms with Gasteiger partial charge in [-0.15, -0.1) is 0 Å². The van der Waals surface area contributed by atoms with Crippen molar-refractivity contribution in [3.63, 3.8) is 0 Å². The van der Waals surface area contributed by atoms with Crippen molar-refractivity contribution in [3.8, 4) is 22.6 Å². The van der Waals surface area contributed by atoms with E-state index in [0.29, 0.717) is 40.7 Å². The summed E-state index contributed by atoms with van der Waals surface area (Å²) in [5, 5.41) is 12.6. The Balaban J connectivity index is 1.44. The van der Waals surface area contributed by atoms with E-state index in [9.17, 15) is 41.0 Å². The lowest BCUT2D eigenvalue weighted by Crippen LogP contribution is -2.53. The number of alkyl halides is 6. The molecule has 3 aromatic carbocycles. The van der Waals surface area contributed by atoms with Crippen molar-refractivity contribution in [2.75, 3.05) is 13.2 Å². The summed E-state index contributed by atoms with van der Waals surface area (Å²) in [6, 6.07) is 15.3. The van der Waals surface area contributed by atoms with Gasteiger partial charge in [-0.3, -0.25) is 9.69 Å². The van der Waals surface area contributed by atoms with Gasteiger partial charge in [0.25, 0.3) is 11.5 Å². The van der Waals surface area contributed by atoms with Crippen molar-refractivity contribution < 1.29 is 50.5 Å². The summed E-state index contributed by atoms with van der Waals surface area (Å²) in [5.41, 5.74) is -5.94. The predicted molar refractivity (Wildman–Crippen MR) is 162 cm³/mol. The molecule has 13 heteroatoms. The molecule has 0 radical (unpaired) electrons. The van der Waals surface area contributed by atoms with Gasteiger partial charge in [0.05, 0.1) is 12.7 Å². The van der Waals surface area contributed by atoms with Crippen molar-refractivity contribution in [2.45, 2.75) is 76.6 Å². The Morgan fingerprint density at radius 1 is 0.915 bits per heavy atom. The standard InChI is InChI=1S/C34H36F6N2O5/c1-5-8-22-19-25(32(45,33(35,36)37)34(38,39)40)13-16-28(22)23-9-6-10-27(20-23)46-18-7-17-42-29(43)31(4,41-30(42)44)24-11-14-26(15-12-24)47-21(2)3/h6,9-16,19-21,45H,5,7-8,17-18H2,1-4H3,(H,41,44). The maximum absolute atomic E-state index is 13.5. The molecule has 1 saturated heterocycles. The minimum absolute atomic E-state index is 0.0225. The van der Waals surface area contributed by atoms with Crippen LogP contribution in [0.15, 0.2) is 66.7 Å². The van der Waals surface area contributed by atoms with E-state index in [2.05, 4.69) is 5.32 Å². The lowest BCUT2D eigenvalue weighted by Gasteiger charge is -2.33. The van der Waals surface area contributed by atoms with E-state index in [1.54, 1.807) is 62.4 Å². The highest BCUT2D eigenvalue weighted by molar-refractivity contribution is 6.07. The van der Waals surface area contributed by atoms with Gasteiger partial charge in [0, 0.05) is 12.1 Å². The first-order chi connectivity index (χ1) is 21.9. The number of aryl methyl sites for hydroxylation is 1. The summed E-state index contributed by atoms with van der Waals surface area (Å²) in [4.78, 5) is 27.1. The number of benzene rings is 3. The Hall–Kier alpha value is -4.26. The Morgan fingerprint density at radius 3 is 2.17 bits per heavy atom. The molecule has 0 bridgehead atoms. The number of imide groups is 1. The second kappa shape index (κ2) is 13.5. The first-order valence-electron chi connectivity index (χ1n) is 15.1. The lowest BCUT2D eigenvalue weighted by atomic mass is 9.87. The van der Waals surface area contributed by atoms with Crippen LogP contribution in [0.1, 0.15) is 57.2 Å². The molecule has 254 valence electrons. The maximum atomic E-state index is 13.5. The van der Waals surface area contributed by atoms with Gasteiger partial charge in [-0.2, -0.15) is 26.3 Å². The van der Waals surface area contributed by atoms with Crippen LogP contribution < -0.4 is 14.8 Å². The summed E-state index contributed by atoms with van der Waals surface area (Å²) < 4.78 is 92.5. The Bertz CT molecular complexity index is 1580.